The minimum atomic E-state index is -0.387. The fourth-order valence-electron chi connectivity index (χ4n) is 2.91. The summed E-state index contributed by atoms with van der Waals surface area (Å²) < 4.78 is 7.70. The van der Waals surface area contributed by atoms with E-state index in [1.165, 1.54) is 11.3 Å². The number of aryl methyl sites for hydroxylation is 3. The van der Waals surface area contributed by atoms with Crippen molar-refractivity contribution in [3.63, 3.8) is 0 Å². The number of rotatable bonds is 4. The number of thiazole rings is 1. The quantitative estimate of drug-likeness (QED) is 0.584. The van der Waals surface area contributed by atoms with E-state index in [1.54, 1.807) is 23.6 Å². The molecule has 1 amide bonds. The fourth-order valence-corrected chi connectivity index (χ4v) is 4.15. The Bertz CT molecular complexity index is 1140. The lowest BCUT2D eigenvalue weighted by atomic mass is 10.1. The number of carbonyl (C=O) groups excluding carboxylic acids is 2. The van der Waals surface area contributed by atoms with Crippen molar-refractivity contribution >= 4 is 45.0 Å². The Labute approximate surface area is 172 Å². The van der Waals surface area contributed by atoms with Crippen LogP contribution in [0.4, 0.5) is 0 Å². The molecule has 0 unspecified atom stereocenters. The van der Waals surface area contributed by atoms with Crippen molar-refractivity contribution in [3.05, 3.63) is 62.4 Å². The normalized spacial score (nSPS) is 11.8. The molecular weight excluding hydrogens is 396 g/mol. The van der Waals surface area contributed by atoms with Gasteiger partial charge in [0.15, 0.2) is 4.80 Å². The Balaban J connectivity index is 2.17. The number of halogens is 1. The molecule has 28 heavy (non-hydrogen) atoms. The minimum absolute atomic E-state index is 0.0337. The van der Waals surface area contributed by atoms with Crippen LogP contribution >= 0.6 is 22.9 Å². The highest BCUT2D eigenvalue weighted by Crippen LogP contribution is 2.27. The molecule has 0 N–H and O–H groups in total. The van der Waals surface area contributed by atoms with Crippen LogP contribution in [0, 0.1) is 20.8 Å². The van der Waals surface area contributed by atoms with E-state index in [0.717, 1.165) is 26.9 Å². The van der Waals surface area contributed by atoms with E-state index in [9.17, 15) is 9.59 Å². The highest BCUT2D eigenvalue weighted by atomic mass is 35.5. The zero-order valence-electron chi connectivity index (χ0n) is 16.2. The smallest absolute Gasteiger partial charge is 0.326 e. The molecule has 7 heteroatoms. The molecule has 2 aromatic carbocycles. The summed E-state index contributed by atoms with van der Waals surface area (Å²) in [6.07, 6.45) is 0. The summed E-state index contributed by atoms with van der Waals surface area (Å²) in [5.41, 5.74) is 4.27. The first-order valence-corrected chi connectivity index (χ1v) is 10.1. The van der Waals surface area contributed by atoms with Gasteiger partial charge >= 0.3 is 5.97 Å². The van der Waals surface area contributed by atoms with Crippen molar-refractivity contribution in [2.24, 2.45) is 4.99 Å². The minimum Gasteiger partial charge on any atom is -0.465 e. The number of benzene rings is 2. The van der Waals surface area contributed by atoms with Gasteiger partial charge in [-0.25, -0.2) is 0 Å². The third kappa shape index (κ3) is 4.03. The number of fused-ring (bicyclic) bond motifs is 1. The van der Waals surface area contributed by atoms with Gasteiger partial charge in [0, 0.05) is 10.6 Å². The predicted molar refractivity (Wildman–Crippen MR) is 112 cm³/mol. The summed E-state index contributed by atoms with van der Waals surface area (Å²) in [6, 6.07) is 9.17. The Kier molecular flexibility index (Phi) is 6.01. The molecule has 0 bridgehead atoms. The monoisotopic (exact) mass is 416 g/mol. The van der Waals surface area contributed by atoms with Gasteiger partial charge < -0.3 is 9.30 Å². The summed E-state index contributed by atoms with van der Waals surface area (Å²) in [5.74, 6) is -0.738. The van der Waals surface area contributed by atoms with Crippen LogP contribution in [0.3, 0.4) is 0 Å². The van der Waals surface area contributed by atoms with Gasteiger partial charge in [0.05, 0.1) is 16.8 Å². The second kappa shape index (κ2) is 8.29. The first kappa shape index (κ1) is 20.3. The number of hydrogen-bond donors (Lipinski definition) is 0. The molecular formula is C21H21ClN2O3S. The summed E-state index contributed by atoms with van der Waals surface area (Å²) >= 11 is 7.62. The van der Waals surface area contributed by atoms with Crippen LogP contribution in [0.15, 0.2) is 35.3 Å². The van der Waals surface area contributed by atoms with E-state index >= 15 is 0 Å². The standard InChI is InChI=1S/C21H21ClN2O3S/c1-5-27-18(25)11-24-19-14(4)16(22)8-9-17(19)28-21(24)23-20(26)15-7-6-12(2)13(3)10-15/h6-10H,5,11H2,1-4H3. The molecule has 0 aliphatic rings. The second-order valence-corrected chi connectivity index (χ2v) is 7.93. The average Bonchev–Trinajstić information content (AvgIpc) is 2.98. The molecule has 3 aromatic rings. The Morgan fingerprint density at radius 3 is 2.57 bits per heavy atom. The van der Waals surface area contributed by atoms with Crippen molar-refractivity contribution in [1.82, 2.24) is 4.57 Å². The van der Waals surface area contributed by atoms with Crippen LogP contribution in [0.1, 0.15) is 34.0 Å². The molecule has 0 saturated carbocycles. The molecule has 0 fully saturated rings. The molecule has 0 radical (unpaired) electrons. The summed E-state index contributed by atoms with van der Waals surface area (Å²) in [6.45, 7) is 7.84. The van der Waals surface area contributed by atoms with E-state index in [0.29, 0.717) is 15.4 Å². The van der Waals surface area contributed by atoms with Crippen LogP contribution in [-0.2, 0) is 16.1 Å². The lowest BCUT2D eigenvalue weighted by Crippen LogP contribution is -2.23. The number of aromatic nitrogens is 1. The van der Waals surface area contributed by atoms with Gasteiger partial charge in [0.25, 0.3) is 5.91 Å². The summed E-state index contributed by atoms with van der Waals surface area (Å²) in [5, 5.41) is 0.593. The lowest BCUT2D eigenvalue weighted by Gasteiger charge is -2.08. The molecule has 0 saturated heterocycles. The van der Waals surface area contributed by atoms with Gasteiger partial charge in [-0.1, -0.05) is 29.0 Å². The average molecular weight is 417 g/mol. The SMILES string of the molecule is CCOC(=O)Cn1c(=NC(=O)c2ccc(C)c(C)c2)sc2ccc(Cl)c(C)c21. The van der Waals surface area contributed by atoms with Crippen LogP contribution < -0.4 is 4.80 Å². The van der Waals surface area contributed by atoms with Crippen molar-refractivity contribution < 1.29 is 14.3 Å². The maximum atomic E-state index is 12.8. The number of carbonyl (C=O) groups is 2. The predicted octanol–water partition coefficient (Wildman–Crippen LogP) is 4.59. The molecule has 0 spiro atoms. The van der Waals surface area contributed by atoms with Crippen molar-refractivity contribution in [1.29, 1.82) is 0 Å². The topological polar surface area (TPSA) is 60.7 Å². The van der Waals surface area contributed by atoms with Gasteiger partial charge in [-0.2, -0.15) is 4.99 Å². The second-order valence-electron chi connectivity index (χ2n) is 6.51. The van der Waals surface area contributed by atoms with Crippen molar-refractivity contribution in [2.75, 3.05) is 6.61 Å². The van der Waals surface area contributed by atoms with E-state index in [2.05, 4.69) is 4.99 Å². The lowest BCUT2D eigenvalue weighted by molar-refractivity contribution is -0.143. The maximum absolute atomic E-state index is 12.8. The van der Waals surface area contributed by atoms with Gasteiger partial charge in [-0.05, 0) is 68.7 Å². The fraction of sp³-hybridized carbons (Fsp3) is 0.286. The van der Waals surface area contributed by atoms with E-state index in [1.807, 2.05) is 39.0 Å². The zero-order chi connectivity index (χ0) is 20.4. The molecule has 0 aliphatic heterocycles. The number of ether oxygens (including phenoxy) is 1. The van der Waals surface area contributed by atoms with Gasteiger partial charge in [-0.3, -0.25) is 9.59 Å². The maximum Gasteiger partial charge on any atom is 0.326 e. The summed E-state index contributed by atoms with van der Waals surface area (Å²) in [4.78, 5) is 29.7. The number of nitrogens with zero attached hydrogens (tertiary/aromatic N) is 2. The summed E-state index contributed by atoms with van der Waals surface area (Å²) in [7, 11) is 0. The Morgan fingerprint density at radius 2 is 1.89 bits per heavy atom. The molecule has 0 atom stereocenters. The zero-order valence-corrected chi connectivity index (χ0v) is 17.8. The Morgan fingerprint density at radius 1 is 1.14 bits per heavy atom. The van der Waals surface area contributed by atoms with Crippen LogP contribution in [0.2, 0.25) is 5.02 Å². The van der Waals surface area contributed by atoms with Crippen LogP contribution in [-0.4, -0.2) is 23.1 Å². The van der Waals surface area contributed by atoms with Crippen molar-refractivity contribution in [3.8, 4) is 0 Å². The van der Waals surface area contributed by atoms with Crippen LogP contribution in [0.5, 0.6) is 0 Å². The Hall–Kier alpha value is -2.44. The first-order chi connectivity index (χ1) is 13.3. The largest absolute Gasteiger partial charge is 0.465 e. The molecule has 146 valence electrons. The molecule has 1 heterocycles. The third-order valence-electron chi connectivity index (χ3n) is 4.57. The van der Waals surface area contributed by atoms with E-state index in [4.69, 9.17) is 16.3 Å². The number of esters is 1. The van der Waals surface area contributed by atoms with Gasteiger partial charge in [0.2, 0.25) is 0 Å². The number of amides is 1. The van der Waals surface area contributed by atoms with E-state index < -0.39 is 0 Å². The van der Waals surface area contributed by atoms with Gasteiger partial charge in [-0.15, -0.1) is 0 Å². The molecule has 3 rings (SSSR count). The third-order valence-corrected chi connectivity index (χ3v) is 6.03. The van der Waals surface area contributed by atoms with Crippen molar-refractivity contribution in [2.45, 2.75) is 34.2 Å². The highest BCUT2D eigenvalue weighted by molar-refractivity contribution is 7.16. The van der Waals surface area contributed by atoms with Gasteiger partial charge in [0.1, 0.15) is 6.54 Å². The molecule has 5 nitrogen and oxygen atoms in total. The molecule has 1 aromatic heterocycles. The van der Waals surface area contributed by atoms with Crippen LogP contribution in [0.25, 0.3) is 10.2 Å². The number of hydrogen-bond acceptors (Lipinski definition) is 4. The molecule has 0 aliphatic carbocycles. The van der Waals surface area contributed by atoms with E-state index in [-0.39, 0.29) is 25.0 Å². The highest BCUT2D eigenvalue weighted by Gasteiger charge is 2.16. The first-order valence-electron chi connectivity index (χ1n) is 8.92.